The van der Waals surface area contributed by atoms with Gasteiger partial charge < -0.3 is 20.5 Å². The number of amides is 1. The Kier molecular flexibility index (Phi) is 7.02. The van der Waals surface area contributed by atoms with Crippen molar-refractivity contribution in [3.05, 3.63) is 24.3 Å². The van der Waals surface area contributed by atoms with Gasteiger partial charge in [-0.25, -0.2) is 0 Å². The molecule has 0 aromatic heterocycles. The zero-order valence-corrected chi connectivity index (χ0v) is 13.1. The van der Waals surface area contributed by atoms with Crippen LogP contribution in [-0.4, -0.2) is 31.7 Å². The highest BCUT2D eigenvalue weighted by Crippen LogP contribution is 2.17. The summed E-state index contributed by atoms with van der Waals surface area (Å²) in [6.45, 7) is 4.90. The molecule has 118 valence electrons. The third-order valence-corrected chi connectivity index (χ3v) is 3.70. The summed E-state index contributed by atoms with van der Waals surface area (Å²) in [5, 5.41) is 2.87. The quantitative estimate of drug-likeness (QED) is 0.731. The Hall–Kier alpha value is -1.75. The predicted octanol–water partition coefficient (Wildman–Crippen LogP) is 2.10. The van der Waals surface area contributed by atoms with Crippen LogP contribution in [0.3, 0.4) is 0 Å². The fourth-order valence-electron chi connectivity index (χ4n) is 1.80. The molecule has 1 aromatic rings. The van der Waals surface area contributed by atoms with Crippen LogP contribution in [0.1, 0.15) is 33.1 Å². The summed E-state index contributed by atoms with van der Waals surface area (Å²) in [4.78, 5) is 11.7. The van der Waals surface area contributed by atoms with Crippen LogP contribution in [0.5, 0.6) is 11.5 Å². The number of hydrogen-bond acceptors (Lipinski definition) is 4. The topological polar surface area (TPSA) is 73.6 Å². The average Bonchev–Trinajstić information content (AvgIpc) is 2.53. The van der Waals surface area contributed by atoms with Gasteiger partial charge in [-0.15, -0.1) is 0 Å². The number of ether oxygens (including phenoxy) is 2. The van der Waals surface area contributed by atoms with Gasteiger partial charge in [0, 0.05) is 12.1 Å². The van der Waals surface area contributed by atoms with Crippen molar-refractivity contribution in [2.75, 3.05) is 20.3 Å². The molecule has 0 radical (unpaired) electrons. The van der Waals surface area contributed by atoms with Crippen LogP contribution in [0.2, 0.25) is 0 Å². The summed E-state index contributed by atoms with van der Waals surface area (Å²) in [6, 6.07) is 7.27. The van der Waals surface area contributed by atoms with Gasteiger partial charge in [-0.3, -0.25) is 4.79 Å². The van der Waals surface area contributed by atoms with Gasteiger partial charge in [0.1, 0.15) is 11.5 Å². The van der Waals surface area contributed by atoms with Crippen LogP contribution in [0, 0.1) is 0 Å². The lowest BCUT2D eigenvalue weighted by atomic mass is 9.94. The summed E-state index contributed by atoms with van der Waals surface area (Å²) in [5.74, 6) is 1.46. The Morgan fingerprint density at radius 3 is 2.29 bits per heavy atom. The summed E-state index contributed by atoms with van der Waals surface area (Å²) in [7, 11) is 1.62. The third kappa shape index (κ3) is 6.04. The summed E-state index contributed by atoms with van der Waals surface area (Å²) < 4.78 is 10.6. The van der Waals surface area contributed by atoms with Gasteiger partial charge in [-0.1, -0.05) is 13.8 Å². The minimum absolute atomic E-state index is 0.0414. The monoisotopic (exact) mass is 294 g/mol. The van der Waals surface area contributed by atoms with Crippen LogP contribution < -0.4 is 20.5 Å². The van der Waals surface area contributed by atoms with Crippen molar-refractivity contribution >= 4 is 5.91 Å². The second-order valence-corrected chi connectivity index (χ2v) is 5.12. The van der Waals surface area contributed by atoms with E-state index in [1.165, 1.54) is 0 Å². The van der Waals surface area contributed by atoms with Crippen LogP contribution in [-0.2, 0) is 4.79 Å². The molecule has 0 aliphatic carbocycles. The molecule has 0 saturated carbocycles. The fourth-order valence-corrected chi connectivity index (χ4v) is 1.80. The number of carbonyl (C=O) groups is 1. The molecule has 0 aliphatic heterocycles. The lowest BCUT2D eigenvalue weighted by Crippen LogP contribution is -2.49. The lowest BCUT2D eigenvalue weighted by molar-refractivity contribution is -0.121. The normalized spacial score (nSPS) is 11.0. The molecule has 21 heavy (non-hydrogen) atoms. The Bertz CT molecular complexity index is 428. The van der Waals surface area contributed by atoms with Gasteiger partial charge in [0.2, 0.25) is 5.91 Å². The molecular weight excluding hydrogens is 268 g/mol. The van der Waals surface area contributed by atoms with Gasteiger partial charge in [-0.05, 0) is 37.1 Å². The molecule has 0 saturated heterocycles. The van der Waals surface area contributed by atoms with Crippen molar-refractivity contribution in [3.8, 4) is 11.5 Å². The van der Waals surface area contributed by atoms with Gasteiger partial charge >= 0.3 is 0 Å². The van der Waals surface area contributed by atoms with Gasteiger partial charge in [0.15, 0.2) is 0 Å². The molecule has 0 fully saturated rings. The zero-order chi connectivity index (χ0) is 15.7. The van der Waals surface area contributed by atoms with E-state index in [2.05, 4.69) is 5.32 Å². The smallest absolute Gasteiger partial charge is 0.223 e. The van der Waals surface area contributed by atoms with Crippen LogP contribution in [0.15, 0.2) is 24.3 Å². The number of methoxy groups -OCH3 is 1. The SMILES string of the molecule is CCC(N)(CC)CNC(=O)CCOc1ccc(OC)cc1. The van der Waals surface area contributed by atoms with Gasteiger partial charge in [-0.2, -0.15) is 0 Å². The summed E-state index contributed by atoms with van der Waals surface area (Å²) in [5.41, 5.74) is 5.82. The van der Waals surface area contributed by atoms with Crippen molar-refractivity contribution < 1.29 is 14.3 Å². The first-order valence-electron chi connectivity index (χ1n) is 7.35. The Balaban J connectivity index is 2.26. The maximum atomic E-state index is 11.7. The van der Waals surface area contributed by atoms with Crippen molar-refractivity contribution in [1.29, 1.82) is 0 Å². The highest BCUT2D eigenvalue weighted by Gasteiger charge is 2.20. The van der Waals surface area contributed by atoms with Crippen LogP contribution >= 0.6 is 0 Å². The van der Waals surface area contributed by atoms with E-state index in [1.807, 2.05) is 38.1 Å². The molecule has 3 N–H and O–H groups in total. The first-order chi connectivity index (χ1) is 10.0. The second-order valence-electron chi connectivity index (χ2n) is 5.12. The minimum Gasteiger partial charge on any atom is -0.497 e. The highest BCUT2D eigenvalue weighted by molar-refractivity contribution is 5.76. The molecule has 5 heteroatoms. The molecule has 1 rings (SSSR count). The average molecular weight is 294 g/mol. The number of carbonyl (C=O) groups excluding carboxylic acids is 1. The van der Waals surface area contributed by atoms with E-state index >= 15 is 0 Å². The molecule has 0 aliphatic rings. The number of hydrogen-bond donors (Lipinski definition) is 2. The molecule has 1 amide bonds. The van der Waals surface area contributed by atoms with Crippen LogP contribution in [0.4, 0.5) is 0 Å². The van der Waals surface area contributed by atoms with E-state index in [-0.39, 0.29) is 11.4 Å². The Morgan fingerprint density at radius 2 is 1.76 bits per heavy atom. The Labute approximate surface area is 126 Å². The van der Waals surface area contributed by atoms with E-state index in [9.17, 15) is 4.79 Å². The number of nitrogens with two attached hydrogens (primary N) is 1. The van der Waals surface area contributed by atoms with Crippen molar-refractivity contribution in [1.82, 2.24) is 5.32 Å². The molecule has 0 spiro atoms. The van der Waals surface area contributed by atoms with Crippen molar-refractivity contribution in [2.45, 2.75) is 38.6 Å². The predicted molar refractivity (Wildman–Crippen MR) is 83.6 cm³/mol. The molecule has 0 bridgehead atoms. The van der Waals surface area contributed by atoms with E-state index in [4.69, 9.17) is 15.2 Å². The molecule has 0 heterocycles. The van der Waals surface area contributed by atoms with E-state index in [0.717, 1.165) is 24.3 Å². The van der Waals surface area contributed by atoms with E-state index < -0.39 is 0 Å². The van der Waals surface area contributed by atoms with E-state index in [0.29, 0.717) is 19.6 Å². The highest BCUT2D eigenvalue weighted by atomic mass is 16.5. The zero-order valence-electron chi connectivity index (χ0n) is 13.1. The largest absolute Gasteiger partial charge is 0.497 e. The lowest BCUT2D eigenvalue weighted by Gasteiger charge is -2.26. The maximum absolute atomic E-state index is 11.7. The molecule has 0 atom stereocenters. The molecular formula is C16H26N2O3. The maximum Gasteiger partial charge on any atom is 0.223 e. The third-order valence-electron chi connectivity index (χ3n) is 3.70. The molecule has 5 nitrogen and oxygen atoms in total. The Morgan fingerprint density at radius 1 is 1.19 bits per heavy atom. The van der Waals surface area contributed by atoms with Crippen molar-refractivity contribution in [3.63, 3.8) is 0 Å². The molecule has 1 aromatic carbocycles. The fraction of sp³-hybridized carbons (Fsp3) is 0.562. The minimum atomic E-state index is -0.313. The number of nitrogens with one attached hydrogen (secondary N) is 1. The molecule has 0 unspecified atom stereocenters. The first kappa shape index (κ1) is 17.3. The number of rotatable bonds is 9. The summed E-state index contributed by atoms with van der Waals surface area (Å²) >= 11 is 0. The van der Waals surface area contributed by atoms with Crippen LogP contribution in [0.25, 0.3) is 0 Å². The second kappa shape index (κ2) is 8.52. The number of benzene rings is 1. The standard InChI is InChI=1S/C16H26N2O3/c1-4-16(17,5-2)12-18-15(19)10-11-21-14-8-6-13(20-3)7-9-14/h6-9H,4-5,10-12,17H2,1-3H3,(H,18,19). The first-order valence-corrected chi connectivity index (χ1v) is 7.35. The summed E-state index contributed by atoms with van der Waals surface area (Å²) in [6.07, 6.45) is 1.99. The van der Waals surface area contributed by atoms with Gasteiger partial charge in [0.25, 0.3) is 0 Å². The van der Waals surface area contributed by atoms with E-state index in [1.54, 1.807) is 7.11 Å². The van der Waals surface area contributed by atoms with Gasteiger partial charge in [0.05, 0.1) is 20.1 Å². The van der Waals surface area contributed by atoms with Crippen molar-refractivity contribution in [2.24, 2.45) is 5.73 Å².